The van der Waals surface area contributed by atoms with Crippen LogP contribution < -0.4 is 0 Å². The number of nitrogens with zero attached hydrogens (tertiary/aromatic N) is 1. The van der Waals surface area contributed by atoms with E-state index >= 15 is 0 Å². The smallest absolute Gasteiger partial charge is 0.198 e. The van der Waals surface area contributed by atoms with E-state index in [0.29, 0.717) is 16.7 Å². The van der Waals surface area contributed by atoms with Crippen molar-refractivity contribution in [2.45, 2.75) is 6.92 Å². The summed E-state index contributed by atoms with van der Waals surface area (Å²) in [4.78, 5) is 37.5. The fraction of sp³-hybridized carbons (Fsp3) is 0.118. The SMILES string of the molecule is CC(=O)CN1C=CC(=C2C(=O)c3ccccc3C2=O)C=C1. The van der Waals surface area contributed by atoms with Crippen molar-refractivity contribution in [2.75, 3.05) is 6.54 Å². The van der Waals surface area contributed by atoms with Crippen molar-refractivity contribution in [3.63, 3.8) is 0 Å². The van der Waals surface area contributed by atoms with Gasteiger partial charge in [0.1, 0.15) is 5.78 Å². The van der Waals surface area contributed by atoms with E-state index in [1.807, 2.05) is 0 Å². The maximum Gasteiger partial charge on any atom is 0.198 e. The zero-order valence-electron chi connectivity index (χ0n) is 11.5. The van der Waals surface area contributed by atoms with Crippen molar-refractivity contribution >= 4 is 17.3 Å². The Kier molecular flexibility index (Phi) is 3.14. The van der Waals surface area contributed by atoms with E-state index in [1.54, 1.807) is 53.7 Å². The molecule has 0 saturated heterocycles. The molecule has 0 radical (unpaired) electrons. The second-order valence-electron chi connectivity index (χ2n) is 5.04. The van der Waals surface area contributed by atoms with Gasteiger partial charge in [-0.3, -0.25) is 14.4 Å². The van der Waals surface area contributed by atoms with E-state index in [1.165, 1.54) is 6.92 Å². The fourth-order valence-electron chi connectivity index (χ4n) is 2.50. The van der Waals surface area contributed by atoms with E-state index in [9.17, 15) is 14.4 Å². The van der Waals surface area contributed by atoms with Crippen LogP contribution in [0.15, 0.2) is 60.0 Å². The third kappa shape index (κ3) is 2.25. The standard InChI is InChI=1S/C17H13NO3/c1-11(19)10-18-8-6-12(7-9-18)15-16(20)13-4-2-3-5-14(13)17(15)21/h2-9H,10H2,1H3. The number of rotatable bonds is 2. The third-order valence-corrected chi connectivity index (χ3v) is 3.46. The van der Waals surface area contributed by atoms with Gasteiger partial charge >= 0.3 is 0 Å². The van der Waals surface area contributed by atoms with Gasteiger partial charge in [-0.1, -0.05) is 24.3 Å². The van der Waals surface area contributed by atoms with Gasteiger partial charge in [-0.25, -0.2) is 0 Å². The van der Waals surface area contributed by atoms with Crippen LogP contribution in [0.5, 0.6) is 0 Å². The summed E-state index contributed by atoms with van der Waals surface area (Å²) in [5.41, 5.74) is 1.70. The minimum absolute atomic E-state index is 0.0424. The second-order valence-corrected chi connectivity index (χ2v) is 5.04. The Bertz CT molecular complexity index is 700. The molecule has 1 aromatic carbocycles. The second kappa shape index (κ2) is 4.98. The van der Waals surface area contributed by atoms with Gasteiger partial charge in [-0.05, 0) is 24.6 Å². The molecule has 104 valence electrons. The Hall–Kier alpha value is -2.75. The topological polar surface area (TPSA) is 54.5 Å². The first-order chi connectivity index (χ1) is 10.1. The summed E-state index contributed by atoms with van der Waals surface area (Å²) < 4.78 is 0. The van der Waals surface area contributed by atoms with Crippen molar-refractivity contribution in [3.05, 3.63) is 71.1 Å². The maximum absolute atomic E-state index is 12.4. The third-order valence-electron chi connectivity index (χ3n) is 3.46. The molecule has 1 aliphatic carbocycles. The molecule has 0 aromatic heterocycles. The molecule has 0 spiro atoms. The highest BCUT2D eigenvalue weighted by molar-refractivity contribution is 6.40. The molecule has 2 aliphatic rings. The van der Waals surface area contributed by atoms with Crippen molar-refractivity contribution in [1.82, 2.24) is 4.90 Å². The van der Waals surface area contributed by atoms with E-state index in [4.69, 9.17) is 0 Å². The molecule has 3 rings (SSSR count). The summed E-state index contributed by atoms with van der Waals surface area (Å²) in [6.07, 6.45) is 6.79. The summed E-state index contributed by atoms with van der Waals surface area (Å²) in [6, 6.07) is 6.83. The first-order valence-corrected chi connectivity index (χ1v) is 6.62. The molecule has 0 fully saturated rings. The van der Waals surface area contributed by atoms with Crippen LogP contribution in [0.1, 0.15) is 27.6 Å². The van der Waals surface area contributed by atoms with Gasteiger partial charge in [0.25, 0.3) is 0 Å². The lowest BCUT2D eigenvalue weighted by molar-refractivity contribution is -0.117. The Labute approximate surface area is 122 Å². The molecule has 0 saturated carbocycles. The number of hydrogen-bond acceptors (Lipinski definition) is 4. The molecule has 1 aromatic rings. The van der Waals surface area contributed by atoms with E-state index in [2.05, 4.69) is 0 Å². The van der Waals surface area contributed by atoms with Gasteiger partial charge in [0, 0.05) is 23.5 Å². The number of benzene rings is 1. The summed E-state index contributed by atoms with van der Waals surface area (Å²) in [7, 11) is 0. The number of hydrogen-bond donors (Lipinski definition) is 0. The monoisotopic (exact) mass is 279 g/mol. The minimum atomic E-state index is -0.236. The number of Topliss-reactive ketones (excluding diaryl/α,β-unsaturated/α-hetero) is 3. The van der Waals surface area contributed by atoms with Gasteiger partial charge in [0.2, 0.25) is 0 Å². The van der Waals surface area contributed by atoms with Gasteiger partial charge in [-0.2, -0.15) is 0 Å². The molecule has 0 amide bonds. The van der Waals surface area contributed by atoms with Crippen molar-refractivity contribution in [3.8, 4) is 0 Å². The normalized spacial score (nSPS) is 16.7. The first-order valence-electron chi connectivity index (χ1n) is 6.62. The van der Waals surface area contributed by atoms with Crippen LogP contribution in [0.25, 0.3) is 0 Å². The molecule has 1 aliphatic heterocycles. The molecule has 0 bridgehead atoms. The fourth-order valence-corrected chi connectivity index (χ4v) is 2.50. The van der Waals surface area contributed by atoms with Gasteiger partial charge in [0.15, 0.2) is 11.6 Å². The number of carbonyl (C=O) groups is 3. The lowest BCUT2D eigenvalue weighted by atomic mass is 10.0. The molecule has 0 unspecified atom stereocenters. The lowest BCUT2D eigenvalue weighted by Crippen LogP contribution is -2.19. The molecule has 4 heteroatoms. The Morgan fingerprint density at radius 3 is 2.00 bits per heavy atom. The van der Waals surface area contributed by atoms with Gasteiger partial charge in [0.05, 0.1) is 12.1 Å². The van der Waals surface area contributed by atoms with Crippen LogP contribution in [0.3, 0.4) is 0 Å². The molecular formula is C17H13NO3. The van der Waals surface area contributed by atoms with Crippen LogP contribution in [-0.2, 0) is 4.79 Å². The Morgan fingerprint density at radius 1 is 1.00 bits per heavy atom. The van der Waals surface area contributed by atoms with Crippen LogP contribution in [0.4, 0.5) is 0 Å². The first kappa shape index (κ1) is 13.2. The average molecular weight is 279 g/mol. The zero-order chi connectivity index (χ0) is 15.0. The summed E-state index contributed by atoms with van der Waals surface area (Å²) >= 11 is 0. The summed E-state index contributed by atoms with van der Waals surface area (Å²) in [5.74, 6) is -0.430. The highest BCUT2D eigenvalue weighted by Gasteiger charge is 2.34. The quantitative estimate of drug-likeness (QED) is 0.615. The number of ketones is 3. The molecule has 1 heterocycles. The highest BCUT2D eigenvalue weighted by atomic mass is 16.2. The van der Waals surface area contributed by atoms with Crippen LogP contribution in [0.2, 0.25) is 0 Å². The summed E-state index contributed by atoms with van der Waals surface area (Å²) in [6.45, 7) is 1.79. The zero-order valence-corrected chi connectivity index (χ0v) is 11.5. The Balaban J connectivity index is 1.96. The molecule has 21 heavy (non-hydrogen) atoms. The lowest BCUT2D eigenvalue weighted by Gasteiger charge is -2.17. The number of fused-ring (bicyclic) bond motifs is 1. The predicted octanol–water partition coefficient (Wildman–Crippen LogP) is 2.29. The van der Waals surface area contributed by atoms with E-state index < -0.39 is 0 Å². The number of carbonyl (C=O) groups excluding carboxylic acids is 3. The van der Waals surface area contributed by atoms with Crippen molar-refractivity contribution in [2.24, 2.45) is 0 Å². The van der Waals surface area contributed by atoms with E-state index in [0.717, 1.165) is 0 Å². The molecular weight excluding hydrogens is 266 g/mol. The van der Waals surface area contributed by atoms with Crippen LogP contribution in [-0.4, -0.2) is 28.8 Å². The van der Waals surface area contributed by atoms with Gasteiger partial charge in [-0.15, -0.1) is 0 Å². The van der Waals surface area contributed by atoms with Crippen molar-refractivity contribution < 1.29 is 14.4 Å². The number of allylic oxidation sites excluding steroid dienone is 4. The minimum Gasteiger partial charge on any atom is -0.347 e. The highest BCUT2D eigenvalue weighted by Crippen LogP contribution is 2.30. The van der Waals surface area contributed by atoms with Gasteiger partial charge < -0.3 is 4.90 Å². The summed E-state index contributed by atoms with van der Waals surface area (Å²) in [5, 5.41) is 0. The average Bonchev–Trinajstić information content (AvgIpc) is 2.72. The maximum atomic E-state index is 12.4. The molecule has 0 atom stereocenters. The largest absolute Gasteiger partial charge is 0.347 e. The van der Waals surface area contributed by atoms with Crippen LogP contribution in [0, 0.1) is 0 Å². The molecule has 0 N–H and O–H groups in total. The van der Waals surface area contributed by atoms with Crippen molar-refractivity contribution in [1.29, 1.82) is 0 Å². The molecule has 4 nitrogen and oxygen atoms in total. The van der Waals surface area contributed by atoms with Crippen LogP contribution >= 0.6 is 0 Å². The predicted molar refractivity (Wildman–Crippen MR) is 77.8 cm³/mol. The Morgan fingerprint density at radius 2 is 1.52 bits per heavy atom. The van der Waals surface area contributed by atoms with E-state index in [-0.39, 0.29) is 29.5 Å².